The van der Waals surface area contributed by atoms with Crippen LogP contribution in [0.2, 0.25) is 0 Å². The van der Waals surface area contributed by atoms with Gasteiger partial charge >= 0.3 is 0 Å². The molecule has 0 atom stereocenters. The highest BCUT2D eigenvalue weighted by Crippen LogP contribution is 2.47. The second kappa shape index (κ2) is 9.54. The number of hydrogen-bond acceptors (Lipinski definition) is 4. The summed E-state index contributed by atoms with van der Waals surface area (Å²) in [6, 6.07) is 19.1. The Morgan fingerprint density at radius 3 is 1.78 bits per heavy atom. The van der Waals surface area contributed by atoms with E-state index in [4.69, 9.17) is 23.4 Å². The largest absolute Gasteiger partial charge is 0.456 e. The van der Waals surface area contributed by atoms with E-state index in [0.717, 1.165) is 27.6 Å². The summed E-state index contributed by atoms with van der Waals surface area (Å²) in [7, 11) is 0. The van der Waals surface area contributed by atoms with E-state index in [9.17, 15) is 0 Å². The van der Waals surface area contributed by atoms with Gasteiger partial charge < -0.3 is 4.74 Å². The molecule has 6 aromatic carbocycles. The zero-order valence-electron chi connectivity index (χ0n) is 31.3. The summed E-state index contributed by atoms with van der Waals surface area (Å²) >= 11 is 0. The zero-order valence-corrected chi connectivity index (χ0v) is 21.3. The molecule has 0 bridgehead atoms. The van der Waals surface area contributed by atoms with Gasteiger partial charge in [-0.3, -0.25) is 0 Å². The molecule has 1 aliphatic heterocycles. The number of rotatable bonds is 4. The van der Waals surface area contributed by atoms with Crippen molar-refractivity contribution in [3.05, 3.63) is 139 Å². The highest BCUT2D eigenvalue weighted by molar-refractivity contribution is 6.04. The lowest BCUT2D eigenvalue weighted by Gasteiger charge is -2.21. The molecule has 0 fully saturated rings. The number of benzene rings is 6. The Morgan fingerprint density at radius 2 is 1.05 bits per heavy atom. The van der Waals surface area contributed by atoms with E-state index in [2.05, 4.69) is 9.97 Å². The molecule has 0 unspecified atom stereocenters. The van der Waals surface area contributed by atoms with Crippen LogP contribution in [0.5, 0.6) is 11.5 Å². The van der Waals surface area contributed by atoms with E-state index in [-0.39, 0.29) is 40.7 Å². The first-order valence-electron chi connectivity index (χ1n) is 17.8. The van der Waals surface area contributed by atoms with E-state index in [1.54, 1.807) is 30.3 Å². The fourth-order valence-electron chi connectivity index (χ4n) is 4.99. The topological polar surface area (TPSA) is 47.9 Å². The van der Waals surface area contributed by atoms with Crippen molar-refractivity contribution in [1.82, 2.24) is 15.0 Å². The van der Waals surface area contributed by atoms with Gasteiger partial charge in [-0.1, -0.05) is 115 Å². The van der Waals surface area contributed by atoms with Gasteiger partial charge in [0.15, 0.2) is 17.5 Å². The van der Waals surface area contributed by atoms with Gasteiger partial charge in [0.1, 0.15) is 11.5 Å². The van der Waals surface area contributed by atoms with Crippen LogP contribution >= 0.6 is 0 Å². The predicted octanol–water partition coefficient (Wildman–Crippen LogP) is 9.47. The molecule has 1 aliphatic rings. The Labute approximate surface area is 251 Å². The summed E-state index contributed by atoms with van der Waals surface area (Å²) in [5, 5.41) is 1.97. The number of hydrogen-bond donors (Lipinski definition) is 0. The molecule has 4 nitrogen and oxygen atoms in total. The van der Waals surface area contributed by atoms with Crippen molar-refractivity contribution in [1.29, 1.82) is 0 Å². The molecule has 0 saturated heterocycles. The minimum absolute atomic E-state index is 0.0385. The smallest absolute Gasteiger partial charge is 0.164 e. The van der Waals surface area contributed by atoms with Crippen LogP contribution in [0.1, 0.15) is 13.7 Å². The Kier molecular flexibility index (Phi) is 3.55. The predicted molar refractivity (Wildman–Crippen MR) is 165 cm³/mol. The summed E-state index contributed by atoms with van der Waals surface area (Å²) in [4.78, 5) is 14.0. The fraction of sp³-hybridized carbons (Fsp3) is 0. The summed E-state index contributed by atoms with van der Waals surface area (Å²) in [6.45, 7) is 0. The van der Waals surface area contributed by atoms with Crippen LogP contribution in [0.4, 0.5) is 0 Å². The van der Waals surface area contributed by atoms with Gasteiger partial charge in [0.05, 0.1) is 13.7 Å². The Balaban J connectivity index is 1.32. The second-order valence-corrected chi connectivity index (χ2v) is 9.36. The van der Waals surface area contributed by atoms with Crippen LogP contribution < -0.4 is 4.74 Å². The van der Waals surface area contributed by atoms with Crippen molar-refractivity contribution in [3.8, 4) is 67.9 Å². The zero-order chi connectivity index (χ0) is 35.9. The van der Waals surface area contributed by atoms with Gasteiger partial charge in [-0.2, -0.15) is 0 Å². The van der Waals surface area contributed by atoms with Crippen LogP contribution in [0.25, 0.3) is 67.2 Å². The van der Waals surface area contributed by atoms with Crippen LogP contribution in [0, 0.1) is 0 Å². The molecule has 0 amide bonds. The second-order valence-electron chi connectivity index (χ2n) is 9.36. The van der Waals surface area contributed by atoms with Crippen LogP contribution in [0.15, 0.2) is 139 Å². The van der Waals surface area contributed by atoms with Crippen LogP contribution in [0.3, 0.4) is 0 Å². The lowest BCUT2D eigenvalue weighted by Crippen LogP contribution is -2.01. The maximum Gasteiger partial charge on any atom is 0.164 e. The van der Waals surface area contributed by atoms with Gasteiger partial charge in [0, 0.05) is 27.6 Å². The molecule has 7 aromatic rings. The van der Waals surface area contributed by atoms with E-state index < -0.39 is 48.3 Å². The van der Waals surface area contributed by atoms with Gasteiger partial charge in [0.2, 0.25) is 0 Å². The van der Waals surface area contributed by atoms with Crippen molar-refractivity contribution in [3.63, 3.8) is 0 Å². The minimum Gasteiger partial charge on any atom is -0.456 e. The first-order chi connectivity index (χ1) is 24.4. The third-order valence-corrected chi connectivity index (χ3v) is 6.91. The van der Waals surface area contributed by atoms with Crippen molar-refractivity contribution < 1.29 is 18.4 Å². The molecule has 192 valence electrons. The van der Waals surface area contributed by atoms with Gasteiger partial charge in [-0.25, -0.2) is 15.0 Å². The van der Waals surface area contributed by atoms with Crippen molar-refractivity contribution in [2.75, 3.05) is 0 Å². The molecule has 0 N–H and O–H groups in total. The minimum atomic E-state index is -0.546. The summed E-state index contributed by atoms with van der Waals surface area (Å²) in [5.41, 5.74) is 2.98. The maximum atomic E-state index is 8.62. The molecule has 2 heterocycles. The normalized spacial score (nSPS) is 15.0. The summed E-state index contributed by atoms with van der Waals surface area (Å²) in [5.74, 6) is 1.53. The molecule has 1 aromatic heterocycles. The summed E-state index contributed by atoms with van der Waals surface area (Å²) < 4.78 is 88.9. The Hall–Kier alpha value is -5.61. The van der Waals surface area contributed by atoms with Gasteiger partial charge in [0.25, 0.3) is 0 Å². The quantitative estimate of drug-likeness (QED) is 0.225. The summed E-state index contributed by atoms with van der Waals surface area (Å²) in [6.07, 6.45) is 0. The highest BCUT2D eigenvalue weighted by Gasteiger charge is 2.21. The standard InChI is InChI=1S/C37H23N3O/c1-3-9-24(10-4-1)25-17-19-28(20-18-25)36-38-35(27-11-5-2-6-12-27)39-37(40-36)29-21-22-32-31(23-29)30-15-7-13-26-14-8-16-33(41-32)34(26)30/h1-23H/i1D,2D,3D,4D,5D,6D,9D,10D,11D,12D. The molecule has 0 spiro atoms. The van der Waals surface area contributed by atoms with E-state index >= 15 is 0 Å². The lowest BCUT2D eigenvalue weighted by molar-refractivity contribution is 0.487. The molecular formula is C37H23N3O. The van der Waals surface area contributed by atoms with Crippen molar-refractivity contribution in [2.24, 2.45) is 0 Å². The number of ether oxygens (including phenoxy) is 1. The number of fused-ring (bicyclic) bond motifs is 2. The molecule has 8 rings (SSSR count). The molecule has 41 heavy (non-hydrogen) atoms. The molecule has 0 aliphatic carbocycles. The molecular weight excluding hydrogens is 502 g/mol. The van der Waals surface area contributed by atoms with E-state index in [1.165, 1.54) is 0 Å². The number of nitrogens with zero attached hydrogens (tertiary/aromatic N) is 3. The average molecular weight is 536 g/mol. The fourth-order valence-corrected chi connectivity index (χ4v) is 4.99. The monoisotopic (exact) mass is 535 g/mol. The lowest BCUT2D eigenvalue weighted by atomic mass is 9.93. The van der Waals surface area contributed by atoms with Crippen LogP contribution in [-0.2, 0) is 0 Å². The van der Waals surface area contributed by atoms with E-state index in [0.29, 0.717) is 22.4 Å². The third kappa shape index (κ3) is 4.14. The average Bonchev–Trinajstić information content (AvgIpc) is 3.15. The molecule has 4 heteroatoms. The SMILES string of the molecule is [2H]c1c([2H])c([2H])c(-c2ccc(-c3nc(-c4ccc5c(c4)-c4cccc6cccc(c46)O5)nc(-c4c([2H])c([2H])c([2H])c([2H])c4[2H])n3)cc2)c([2H])c1[2H]. The maximum absolute atomic E-state index is 8.62. The Bertz CT molecular complexity index is 2570. The molecule has 0 saturated carbocycles. The third-order valence-electron chi connectivity index (χ3n) is 6.91. The first kappa shape index (κ1) is 15.2. The first-order valence-corrected chi connectivity index (χ1v) is 12.8. The van der Waals surface area contributed by atoms with Crippen molar-refractivity contribution in [2.45, 2.75) is 0 Å². The van der Waals surface area contributed by atoms with Gasteiger partial charge in [-0.15, -0.1) is 0 Å². The highest BCUT2D eigenvalue weighted by atomic mass is 16.5. The van der Waals surface area contributed by atoms with E-state index in [1.807, 2.05) is 48.5 Å². The molecule has 0 radical (unpaired) electrons. The van der Waals surface area contributed by atoms with Crippen LogP contribution in [-0.4, -0.2) is 15.0 Å². The van der Waals surface area contributed by atoms with Gasteiger partial charge in [-0.05, 0) is 46.3 Å². The van der Waals surface area contributed by atoms with Crippen molar-refractivity contribution >= 4 is 10.8 Å². The Morgan fingerprint density at radius 1 is 0.463 bits per heavy atom. The number of aromatic nitrogens is 3.